The first-order chi connectivity index (χ1) is 14.4. The average molecular weight is 415 g/mol. The molecule has 0 spiro atoms. The summed E-state index contributed by atoms with van der Waals surface area (Å²) < 4.78 is 21.6. The molecule has 30 heavy (non-hydrogen) atoms. The number of carbonyl (C=O) groups is 2. The number of nitrogens with zero attached hydrogens (tertiary/aromatic N) is 1. The van der Waals surface area contributed by atoms with E-state index in [-0.39, 0.29) is 11.7 Å². The van der Waals surface area contributed by atoms with Gasteiger partial charge in [-0.25, -0.2) is 0 Å². The molecule has 0 unspecified atom stereocenters. The number of ether oxygens (including phenoxy) is 4. The van der Waals surface area contributed by atoms with Gasteiger partial charge in [-0.15, -0.1) is 0 Å². The number of Topliss-reactive ketones (excluding diaryl/α,β-unsaturated/α-hetero) is 1. The molecule has 0 aliphatic rings. The molecular formula is C23H29NO6. The van der Waals surface area contributed by atoms with Gasteiger partial charge in [0.1, 0.15) is 11.5 Å². The number of hydrogen-bond acceptors (Lipinski definition) is 6. The summed E-state index contributed by atoms with van der Waals surface area (Å²) in [5.41, 5.74) is 1.46. The molecule has 0 aliphatic heterocycles. The van der Waals surface area contributed by atoms with E-state index < -0.39 is 0 Å². The predicted octanol–water partition coefficient (Wildman–Crippen LogP) is 3.73. The molecule has 0 aliphatic carbocycles. The molecule has 7 nitrogen and oxygen atoms in total. The molecule has 0 fully saturated rings. The van der Waals surface area contributed by atoms with Crippen LogP contribution in [-0.4, -0.2) is 51.6 Å². The van der Waals surface area contributed by atoms with E-state index in [2.05, 4.69) is 0 Å². The number of ketones is 1. The zero-order valence-corrected chi connectivity index (χ0v) is 18.2. The van der Waals surface area contributed by atoms with E-state index in [0.29, 0.717) is 54.6 Å². The van der Waals surface area contributed by atoms with Crippen LogP contribution in [0.3, 0.4) is 0 Å². The molecule has 0 saturated carbocycles. The van der Waals surface area contributed by atoms with E-state index in [1.165, 1.54) is 14.0 Å². The van der Waals surface area contributed by atoms with E-state index in [1.54, 1.807) is 50.4 Å². The predicted molar refractivity (Wildman–Crippen MR) is 114 cm³/mol. The van der Waals surface area contributed by atoms with E-state index in [1.807, 2.05) is 12.1 Å². The summed E-state index contributed by atoms with van der Waals surface area (Å²) in [5, 5.41) is 0. The first-order valence-corrected chi connectivity index (χ1v) is 9.66. The standard InChI is InChI=1S/C23H29NO6/c1-16(25)17-9-11-20(22(13-17)29-5)30-12-6-7-23(26)24(2)15-18-8-10-19(27-3)14-21(18)28-4/h8-11,13-14H,6-7,12,15H2,1-5H3. The van der Waals surface area contributed by atoms with Crippen molar-refractivity contribution in [2.75, 3.05) is 35.0 Å². The number of benzene rings is 2. The molecule has 162 valence electrons. The first-order valence-electron chi connectivity index (χ1n) is 9.66. The van der Waals surface area contributed by atoms with Crippen LogP contribution in [0.15, 0.2) is 36.4 Å². The second-order valence-corrected chi connectivity index (χ2v) is 6.80. The summed E-state index contributed by atoms with van der Waals surface area (Å²) in [6.07, 6.45) is 0.906. The lowest BCUT2D eigenvalue weighted by atomic mass is 10.1. The van der Waals surface area contributed by atoms with Gasteiger partial charge in [-0.05, 0) is 43.7 Å². The normalized spacial score (nSPS) is 10.3. The van der Waals surface area contributed by atoms with Crippen LogP contribution in [-0.2, 0) is 11.3 Å². The van der Waals surface area contributed by atoms with E-state index in [4.69, 9.17) is 18.9 Å². The Morgan fingerprint density at radius 2 is 1.63 bits per heavy atom. The first kappa shape index (κ1) is 23.1. The van der Waals surface area contributed by atoms with Crippen LogP contribution in [0.2, 0.25) is 0 Å². The van der Waals surface area contributed by atoms with Gasteiger partial charge in [-0.1, -0.05) is 0 Å². The zero-order valence-electron chi connectivity index (χ0n) is 18.2. The van der Waals surface area contributed by atoms with Crippen LogP contribution in [0.4, 0.5) is 0 Å². The van der Waals surface area contributed by atoms with Crippen LogP contribution in [0.25, 0.3) is 0 Å². The largest absolute Gasteiger partial charge is 0.497 e. The molecule has 7 heteroatoms. The molecule has 2 aromatic rings. The second-order valence-electron chi connectivity index (χ2n) is 6.80. The van der Waals surface area contributed by atoms with Crippen molar-refractivity contribution in [3.63, 3.8) is 0 Å². The Bertz CT molecular complexity index is 880. The van der Waals surface area contributed by atoms with E-state index in [9.17, 15) is 9.59 Å². The number of hydrogen-bond donors (Lipinski definition) is 0. The topological polar surface area (TPSA) is 74.3 Å². The van der Waals surface area contributed by atoms with Gasteiger partial charge in [0.25, 0.3) is 0 Å². The highest BCUT2D eigenvalue weighted by molar-refractivity contribution is 5.94. The molecule has 2 rings (SSSR count). The summed E-state index contributed by atoms with van der Waals surface area (Å²) >= 11 is 0. The number of amides is 1. The van der Waals surface area contributed by atoms with E-state index in [0.717, 1.165) is 5.56 Å². The van der Waals surface area contributed by atoms with Crippen LogP contribution in [0, 0.1) is 0 Å². The Hall–Kier alpha value is -3.22. The molecule has 0 radical (unpaired) electrons. The third kappa shape index (κ3) is 6.14. The smallest absolute Gasteiger partial charge is 0.222 e. The summed E-state index contributed by atoms with van der Waals surface area (Å²) in [6.45, 7) is 2.30. The molecular weight excluding hydrogens is 386 g/mol. The summed E-state index contributed by atoms with van der Waals surface area (Å²) in [5.74, 6) is 2.40. The maximum atomic E-state index is 12.5. The lowest BCUT2D eigenvalue weighted by Gasteiger charge is -2.19. The van der Waals surface area contributed by atoms with Crippen LogP contribution in [0.5, 0.6) is 23.0 Å². The third-order valence-electron chi connectivity index (χ3n) is 4.69. The van der Waals surface area contributed by atoms with Crippen LogP contribution in [0.1, 0.15) is 35.7 Å². The number of rotatable bonds is 11. The summed E-state index contributed by atoms with van der Waals surface area (Å²) in [6, 6.07) is 10.6. The minimum absolute atomic E-state index is 0.00960. The van der Waals surface area contributed by atoms with Gasteiger partial charge in [0, 0.05) is 37.2 Å². The lowest BCUT2D eigenvalue weighted by Crippen LogP contribution is -2.26. The van der Waals surface area contributed by atoms with E-state index >= 15 is 0 Å². The monoisotopic (exact) mass is 415 g/mol. The van der Waals surface area contributed by atoms with Crippen molar-refractivity contribution >= 4 is 11.7 Å². The third-order valence-corrected chi connectivity index (χ3v) is 4.69. The Morgan fingerprint density at radius 1 is 0.900 bits per heavy atom. The maximum Gasteiger partial charge on any atom is 0.222 e. The van der Waals surface area contributed by atoms with Gasteiger partial charge in [0.2, 0.25) is 5.91 Å². The molecule has 0 N–H and O–H groups in total. The van der Waals surface area contributed by atoms with Gasteiger partial charge < -0.3 is 23.8 Å². The van der Waals surface area contributed by atoms with Crippen molar-refractivity contribution in [2.24, 2.45) is 0 Å². The molecule has 0 saturated heterocycles. The van der Waals surface area contributed by atoms with Crippen molar-refractivity contribution in [1.29, 1.82) is 0 Å². The minimum atomic E-state index is -0.0398. The van der Waals surface area contributed by atoms with Crippen molar-refractivity contribution in [3.8, 4) is 23.0 Å². The highest BCUT2D eigenvalue weighted by Crippen LogP contribution is 2.29. The molecule has 0 bridgehead atoms. The molecule has 0 heterocycles. The van der Waals surface area contributed by atoms with Crippen molar-refractivity contribution < 1.29 is 28.5 Å². The van der Waals surface area contributed by atoms with Gasteiger partial charge in [-0.2, -0.15) is 0 Å². The van der Waals surface area contributed by atoms with Crippen LogP contribution < -0.4 is 18.9 Å². The van der Waals surface area contributed by atoms with Crippen molar-refractivity contribution in [2.45, 2.75) is 26.3 Å². The highest BCUT2D eigenvalue weighted by Gasteiger charge is 2.13. The van der Waals surface area contributed by atoms with Gasteiger partial charge >= 0.3 is 0 Å². The molecule has 1 amide bonds. The minimum Gasteiger partial charge on any atom is -0.497 e. The SMILES string of the molecule is COc1ccc(CN(C)C(=O)CCCOc2ccc(C(C)=O)cc2OC)c(OC)c1. The molecule has 2 aromatic carbocycles. The van der Waals surface area contributed by atoms with Gasteiger partial charge in [0.15, 0.2) is 17.3 Å². The lowest BCUT2D eigenvalue weighted by molar-refractivity contribution is -0.130. The number of carbonyl (C=O) groups excluding carboxylic acids is 2. The van der Waals surface area contributed by atoms with Crippen LogP contribution >= 0.6 is 0 Å². The number of methoxy groups -OCH3 is 3. The van der Waals surface area contributed by atoms with Gasteiger partial charge in [-0.3, -0.25) is 9.59 Å². The molecule has 0 atom stereocenters. The quantitative estimate of drug-likeness (QED) is 0.411. The fraction of sp³-hybridized carbons (Fsp3) is 0.391. The van der Waals surface area contributed by atoms with Crippen molar-refractivity contribution in [1.82, 2.24) is 4.90 Å². The fourth-order valence-electron chi connectivity index (χ4n) is 2.93. The van der Waals surface area contributed by atoms with Gasteiger partial charge in [0.05, 0.1) is 27.9 Å². The van der Waals surface area contributed by atoms with Crippen molar-refractivity contribution in [3.05, 3.63) is 47.5 Å². The Morgan fingerprint density at radius 3 is 2.27 bits per heavy atom. The highest BCUT2D eigenvalue weighted by atomic mass is 16.5. The summed E-state index contributed by atoms with van der Waals surface area (Å²) in [4.78, 5) is 25.6. The fourth-order valence-corrected chi connectivity index (χ4v) is 2.93. The zero-order chi connectivity index (χ0) is 22.1. The Kier molecular flexibility index (Phi) is 8.53. The molecule has 0 aromatic heterocycles. The summed E-state index contributed by atoms with van der Waals surface area (Å²) in [7, 11) is 6.47. The maximum absolute atomic E-state index is 12.5. The second kappa shape index (κ2) is 11.1. The average Bonchev–Trinajstić information content (AvgIpc) is 2.76. The Labute approximate surface area is 177 Å². The Balaban J connectivity index is 1.85.